The van der Waals surface area contributed by atoms with Crippen LogP contribution in [0, 0.1) is 5.92 Å². The Balaban J connectivity index is 2.43. The van der Waals surface area contributed by atoms with Gasteiger partial charge in [0.05, 0.1) is 11.2 Å². The predicted octanol–water partition coefficient (Wildman–Crippen LogP) is 4.04. The van der Waals surface area contributed by atoms with Crippen molar-refractivity contribution >= 4 is 26.8 Å². The first-order valence-corrected chi connectivity index (χ1v) is 6.68. The zero-order valence-electron chi connectivity index (χ0n) is 10.2. The predicted molar refractivity (Wildman–Crippen MR) is 75.8 cm³/mol. The number of hydrogen-bond donors (Lipinski definition) is 1. The molecule has 1 aromatic carbocycles. The first-order chi connectivity index (χ1) is 8.08. The van der Waals surface area contributed by atoms with Crippen molar-refractivity contribution in [2.45, 2.75) is 26.3 Å². The number of para-hydroxylation sites is 1. The Kier molecular flexibility index (Phi) is 3.79. The van der Waals surface area contributed by atoms with Crippen LogP contribution in [-0.4, -0.2) is 4.98 Å². The Bertz CT molecular complexity index is 523. The lowest BCUT2D eigenvalue weighted by atomic mass is 10.0. The minimum absolute atomic E-state index is 0.00557. The highest BCUT2D eigenvalue weighted by molar-refractivity contribution is 9.10. The quantitative estimate of drug-likeness (QED) is 0.927. The van der Waals surface area contributed by atoms with E-state index in [1.807, 2.05) is 18.2 Å². The lowest BCUT2D eigenvalue weighted by Gasteiger charge is -2.15. The summed E-state index contributed by atoms with van der Waals surface area (Å²) in [7, 11) is 0. The van der Waals surface area contributed by atoms with Crippen molar-refractivity contribution in [2.75, 3.05) is 0 Å². The van der Waals surface area contributed by atoms with Gasteiger partial charge in [-0.15, -0.1) is 0 Å². The summed E-state index contributed by atoms with van der Waals surface area (Å²) in [6, 6.07) is 10.2. The van der Waals surface area contributed by atoms with E-state index in [-0.39, 0.29) is 6.04 Å². The molecular weight excluding hydrogens is 276 g/mol. The number of fused-ring (bicyclic) bond motifs is 1. The van der Waals surface area contributed by atoms with Crippen molar-refractivity contribution in [3.63, 3.8) is 0 Å². The molecular formula is C14H17BrN2. The van der Waals surface area contributed by atoms with Gasteiger partial charge in [-0.25, -0.2) is 4.98 Å². The minimum atomic E-state index is -0.00557. The molecule has 17 heavy (non-hydrogen) atoms. The van der Waals surface area contributed by atoms with E-state index >= 15 is 0 Å². The monoisotopic (exact) mass is 292 g/mol. The van der Waals surface area contributed by atoms with E-state index in [0.717, 1.165) is 27.5 Å². The van der Waals surface area contributed by atoms with Gasteiger partial charge < -0.3 is 5.73 Å². The van der Waals surface area contributed by atoms with Crippen LogP contribution in [-0.2, 0) is 0 Å². The lowest BCUT2D eigenvalue weighted by molar-refractivity contribution is 0.502. The normalized spacial score (nSPS) is 13.2. The van der Waals surface area contributed by atoms with Crippen molar-refractivity contribution in [1.29, 1.82) is 0 Å². The average molecular weight is 293 g/mol. The molecule has 2 N–H and O–H groups in total. The summed E-state index contributed by atoms with van der Waals surface area (Å²) in [5.74, 6) is 0.574. The van der Waals surface area contributed by atoms with Gasteiger partial charge in [-0.3, -0.25) is 0 Å². The molecule has 1 heterocycles. The van der Waals surface area contributed by atoms with E-state index in [0.29, 0.717) is 5.92 Å². The van der Waals surface area contributed by atoms with Gasteiger partial charge in [0.15, 0.2) is 0 Å². The second-order valence-corrected chi connectivity index (χ2v) is 5.64. The molecule has 90 valence electrons. The van der Waals surface area contributed by atoms with Gasteiger partial charge in [-0.05, 0) is 40.4 Å². The Morgan fingerprint density at radius 3 is 2.71 bits per heavy atom. The average Bonchev–Trinajstić information content (AvgIpc) is 2.27. The van der Waals surface area contributed by atoms with Gasteiger partial charge >= 0.3 is 0 Å². The fraction of sp³-hybridized carbons (Fsp3) is 0.357. The van der Waals surface area contributed by atoms with Crippen LogP contribution < -0.4 is 5.73 Å². The molecule has 0 saturated heterocycles. The van der Waals surface area contributed by atoms with E-state index in [9.17, 15) is 0 Å². The first-order valence-electron chi connectivity index (χ1n) is 5.88. The molecule has 0 amide bonds. The fourth-order valence-corrected chi connectivity index (χ4v) is 2.61. The third kappa shape index (κ3) is 2.85. The second-order valence-electron chi connectivity index (χ2n) is 4.78. The van der Waals surface area contributed by atoms with Crippen LogP contribution in [0.1, 0.15) is 32.0 Å². The number of rotatable bonds is 3. The molecule has 0 saturated carbocycles. The van der Waals surface area contributed by atoms with Gasteiger partial charge in [0, 0.05) is 15.9 Å². The van der Waals surface area contributed by atoms with Crippen LogP contribution >= 0.6 is 15.9 Å². The number of halogens is 1. The first kappa shape index (κ1) is 12.5. The number of aromatic nitrogens is 1. The molecule has 0 aliphatic carbocycles. The molecule has 2 aromatic rings. The highest BCUT2D eigenvalue weighted by Crippen LogP contribution is 2.27. The Labute approximate surface area is 110 Å². The van der Waals surface area contributed by atoms with Crippen molar-refractivity contribution in [3.05, 3.63) is 40.5 Å². The SMILES string of the molecule is CC(C)CC(N)c1nc2ccccc2cc1Br. The molecule has 0 fully saturated rings. The summed E-state index contributed by atoms with van der Waals surface area (Å²) < 4.78 is 1.00. The Morgan fingerprint density at radius 1 is 1.29 bits per heavy atom. The van der Waals surface area contributed by atoms with Crippen LogP contribution in [0.5, 0.6) is 0 Å². The molecule has 2 rings (SSSR count). The minimum Gasteiger partial charge on any atom is -0.323 e. The van der Waals surface area contributed by atoms with Crippen molar-refractivity contribution < 1.29 is 0 Å². The van der Waals surface area contributed by atoms with Crippen LogP contribution in [0.25, 0.3) is 10.9 Å². The summed E-state index contributed by atoms with van der Waals surface area (Å²) in [5, 5.41) is 1.14. The van der Waals surface area contributed by atoms with Crippen LogP contribution in [0.4, 0.5) is 0 Å². The van der Waals surface area contributed by atoms with E-state index in [1.165, 1.54) is 0 Å². The molecule has 0 bridgehead atoms. The number of nitrogens with two attached hydrogens (primary N) is 1. The van der Waals surface area contributed by atoms with Crippen molar-refractivity contribution in [2.24, 2.45) is 11.7 Å². The van der Waals surface area contributed by atoms with E-state index in [4.69, 9.17) is 5.73 Å². The third-order valence-electron chi connectivity index (χ3n) is 2.78. The molecule has 0 aliphatic rings. The lowest BCUT2D eigenvalue weighted by Crippen LogP contribution is -2.15. The second kappa shape index (κ2) is 5.15. The van der Waals surface area contributed by atoms with Gasteiger partial charge in [0.2, 0.25) is 0 Å². The third-order valence-corrected chi connectivity index (χ3v) is 3.42. The zero-order chi connectivity index (χ0) is 12.4. The van der Waals surface area contributed by atoms with Crippen molar-refractivity contribution in [3.8, 4) is 0 Å². The zero-order valence-corrected chi connectivity index (χ0v) is 11.7. The largest absolute Gasteiger partial charge is 0.323 e. The number of hydrogen-bond acceptors (Lipinski definition) is 2. The summed E-state index contributed by atoms with van der Waals surface area (Å²) >= 11 is 3.57. The van der Waals surface area contributed by atoms with E-state index < -0.39 is 0 Å². The fourth-order valence-electron chi connectivity index (χ4n) is 1.98. The van der Waals surface area contributed by atoms with Crippen LogP contribution in [0.15, 0.2) is 34.8 Å². The Morgan fingerprint density at radius 2 is 2.00 bits per heavy atom. The molecule has 0 radical (unpaired) electrons. The van der Waals surface area contributed by atoms with Gasteiger partial charge in [-0.1, -0.05) is 32.0 Å². The van der Waals surface area contributed by atoms with Gasteiger partial charge in [-0.2, -0.15) is 0 Å². The molecule has 3 heteroatoms. The number of pyridine rings is 1. The molecule has 0 spiro atoms. The summed E-state index contributed by atoms with van der Waals surface area (Å²) in [6.45, 7) is 4.35. The maximum atomic E-state index is 6.20. The van der Waals surface area contributed by atoms with Crippen molar-refractivity contribution in [1.82, 2.24) is 4.98 Å². The standard InChI is InChI=1S/C14H17BrN2/c1-9(2)7-12(16)14-11(15)8-10-5-3-4-6-13(10)17-14/h3-6,8-9,12H,7,16H2,1-2H3. The van der Waals surface area contributed by atoms with Gasteiger partial charge in [0.25, 0.3) is 0 Å². The van der Waals surface area contributed by atoms with E-state index in [1.54, 1.807) is 0 Å². The Hall–Kier alpha value is -0.930. The number of benzene rings is 1. The number of nitrogens with zero attached hydrogens (tertiary/aromatic N) is 1. The highest BCUT2D eigenvalue weighted by atomic mass is 79.9. The van der Waals surface area contributed by atoms with Crippen LogP contribution in [0.3, 0.4) is 0 Å². The maximum Gasteiger partial charge on any atom is 0.0720 e. The summed E-state index contributed by atoms with van der Waals surface area (Å²) in [6.07, 6.45) is 0.948. The summed E-state index contributed by atoms with van der Waals surface area (Å²) in [4.78, 5) is 4.66. The van der Waals surface area contributed by atoms with Crippen LogP contribution in [0.2, 0.25) is 0 Å². The molecule has 2 nitrogen and oxygen atoms in total. The molecule has 0 aliphatic heterocycles. The molecule has 1 aromatic heterocycles. The van der Waals surface area contributed by atoms with E-state index in [2.05, 4.69) is 46.9 Å². The highest BCUT2D eigenvalue weighted by Gasteiger charge is 2.14. The maximum absolute atomic E-state index is 6.20. The molecule has 1 unspecified atom stereocenters. The topological polar surface area (TPSA) is 38.9 Å². The smallest absolute Gasteiger partial charge is 0.0720 e. The molecule has 1 atom stereocenters. The summed E-state index contributed by atoms with van der Waals surface area (Å²) in [5.41, 5.74) is 8.16. The van der Waals surface area contributed by atoms with Gasteiger partial charge in [0.1, 0.15) is 0 Å².